The molecule has 2 aromatic heterocycles. The third-order valence-corrected chi connectivity index (χ3v) is 3.14. The van der Waals surface area contributed by atoms with E-state index in [0.717, 1.165) is 23.4 Å². The number of nitrogens with zero attached hydrogens (tertiary/aromatic N) is 4. The van der Waals surface area contributed by atoms with Gasteiger partial charge in [0.1, 0.15) is 5.69 Å². The van der Waals surface area contributed by atoms with Crippen LogP contribution in [0.5, 0.6) is 11.8 Å². The van der Waals surface area contributed by atoms with Crippen LogP contribution >= 0.6 is 0 Å². The lowest BCUT2D eigenvalue weighted by molar-refractivity contribution is 0.355. The van der Waals surface area contributed by atoms with Gasteiger partial charge in [0, 0.05) is 5.56 Å². The maximum absolute atomic E-state index is 6.34. The van der Waals surface area contributed by atoms with Crippen LogP contribution in [-0.2, 0) is 6.42 Å². The second kappa shape index (κ2) is 6.45. The van der Waals surface area contributed by atoms with Gasteiger partial charge in [-0.15, -0.1) is 0 Å². The number of aryl methyl sites for hydroxylation is 2. The van der Waals surface area contributed by atoms with Gasteiger partial charge < -0.3 is 15.2 Å². The van der Waals surface area contributed by atoms with Gasteiger partial charge in [0.25, 0.3) is 0 Å². The molecule has 7 nitrogen and oxygen atoms in total. The summed E-state index contributed by atoms with van der Waals surface area (Å²) in [5, 5.41) is 8.25. The van der Waals surface area contributed by atoms with Crippen LogP contribution in [0.1, 0.15) is 35.6 Å². The first-order valence-corrected chi connectivity index (χ1v) is 6.64. The van der Waals surface area contributed by atoms with Gasteiger partial charge in [-0.25, -0.2) is 4.98 Å². The molecule has 21 heavy (non-hydrogen) atoms. The number of hydrogen-bond donors (Lipinski definition) is 1. The molecule has 0 aliphatic carbocycles. The highest BCUT2D eigenvalue weighted by Gasteiger charge is 2.21. The Balaban J connectivity index is 2.49. The third kappa shape index (κ3) is 3.08. The minimum Gasteiger partial charge on any atom is -0.480 e. The molecule has 2 rings (SSSR count). The topological polar surface area (TPSA) is 96.0 Å². The van der Waals surface area contributed by atoms with Gasteiger partial charge in [0.05, 0.1) is 37.8 Å². The van der Waals surface area contributed by atoms with E-state index in [2.05, 4.69) is 20.2 Å². The molecule has 0 aliphatic rings. The van der Waals surface area contributed by atoms with E-state index in [-0.39, 0.29) is 0 Å². The number of aromatic nitrogens is 4. The Hall–Kier alpha value is -2.28. The van der Waals surface area contributed by atoms with Crippen LogP contribution in [-0.4, -0.2) is 34.4 Å². The smallest absolute Gasteiger partial charge is 0.240 e. The molecule has 1 unspecified atom stereocenters. The fourth-order valence-electron chi connectivity index (χ4n) is 2.05. The summed E-state index contributed by atoms with van der Waals surface area (Å²) in [6, 6.07) is 1.43. The van der Waals surface area contributed by atoms with E-state index >= 15 is 0 Å². The monoisotopic (exact) mass is 289 g/mol. The van der Waals surface area contributed by atoms with Crippen molar-refractivity contribution in [3.05, 3.63) is 34.9 Å². The number of rotatable bonds is 5. The van der Waals surface area contributed by atoms with Crippen LogP contribution in [0.2, 0.25) is 0 Å². The molecular weight excluding hydrogens is 270 g/mol. The lowest BCUT2D eigenvalue weighted by atomic mass is 10.0. The van der Waals surface area contributed by atoms with Gasteiger partial charge in [-0.3, -0.25) is 0 Å². The number of nitrogens with two attached hydrogens (primary N) is 1. The van der Waals surface area contributed by atoms with Crippen LogP contribution in [0.15, 0.2) is 12.3 Å². The molecule has 0 saturated heterocycles. The van der Waals surface area contributed by atoms with Gasteiger partial charge in [-0.2, -0.15) is 15.2 Å². The van der Waals surface area contributed by atoms with Crippen molar-refractivity contribution < 1.29 is 9.47 Å². The summed E-state index contributed by atoms with van der Waals surface area (Å²) in [5.74, 6) is 0.723. The molecule has 0 radical (unpaired) electrons. The zero-order valence-corrected chi connectivity index (χ0v) is 12.6. The molecule has 0 amide bonds. The fraction of sp³-hybridized carbons (Fsp3) is 0.429. The van der Waals surface area contributed by atoms with Crippen LogP contribution in [0.4, 0.5) is 0 Å². The third-order valence-electron chi connectivity index (χ3n) is 3.14. The Morgan fingerprint density at radius 1 is 1.24 bits per heavy atom. The summed E-state index contributed by atoms with van der Waals surface area (Å²) in [4.78, 5) is 8.53. The van der Waals surface area contributed by atoms with E-state index < -0.39 is 6.04 Å². The van der Waals surface area contributed by atoms with Crippen molar-refractivity contribution in [2.75, 3.05) is 14.2 Å². The minimum absolute atomic E-state index is 0.346. The largest absolute Gasteiger partial charge is 0.480 e. The molecule has 0 spiro atoms. The first-order valence-electron chi connectivity index (χ1n) is 6.64. The van der Waals surface area contributed by atoms with Gasteiger partial charge in [0.15, 0.2) is 0 Å². The molecule has 1 atom stereocenters. The molecule has 0 bridgehead atoms. The van der Waals surface area contributed by atoms with Gasteiger partial charge in [0.2, 0.25) is 11.8 Å². The Morgan fingerprint density at radius 3 is 2.62 bits per heavy atom. The molecule has 112 valence electrons. The molecule has 0 aromatic carbocycles. The Labute approximate surface area is 123 Å². The summed E-state index contributed by atoms with van der Waals surface area (Å²) >= 11 is 0. The first kappa shape index (κ1) is 15.1. The second-order valence-corrected chi connectivity index (χ2v) is 4.53. The number of hydrogen-bond acceptors (Lipinski definition) is 7. The van der Waals surface area contributed by atoms with Gasteiger partial charge >= 0.3 is 0 Å². The highest BCUT2D eigenvalue weighted by molar-refractivity contribution is 5.36. The molecule has 2 heterocycles. The van der Waals surface area contributed by atoms with Gasteiger partial charge in [-0.05, 0) is 19.4 Å². The van der Waals surface area contributed by atoms with Crippen LogP contribution in [0, 0.1) is 6.92 Å². The van der Waals surface area contributed by atoms with Crippen molar-refractivity contribution in [3.8, 4) is 11.8 Å². The van der Waals surface area contributed by atoms with Crippen molar-refractivity contribution in [2.24, 2.45) is 5.73 Å². The minimum atomic E-state index is -0.484. The predicted molar refractivity (Wildman–Crippen MR) is 77.3 cm³/mol. The molecule has 7 heteroatoms. The average Bonchev–Trinajstić information content (AvgIpc) is 2.53. The first-order chi connectivity index (χ1) is 10.1. The summed E-state index contributed by atoms with van der Waals surface area (Å²) in [6.45, 7) is 3.88. The summed E-state index contributed by atoms with van der Waals surface area (Å²) < 4.78 is 10.3. The average molecular weight is 289 g/mol. The van der Waals surface area contributed by atoms with E-state index in [4.69, 9.17) is 15.2 Å². The van der Waals surface area contributed by atoms with Crippen molar-refractivity contribution in [3.63, 3.8) is 0 Å². The van der Waals surface area contributed by atoms with Crippen molar-refractivity contribution in [1.82, 2.24) is 20.2 Å². The number of methoxy groups -OCH3 is 2. The summed E-state index contributed by atoms with van der Waals surface area (Å²) in [7, 11) is 3.05. The quantitative estimate of drug-likeness (QED) is 0.883. The van der Waals surface area contributed by atoms with E-state index in [9.17, 15) is 0 Å². The van der Waals surface area contributed by atoms with Crippen LogP contribution < -0.4 is 15.2 Å². The zero-order valence-electron chi connectivity index (χ0n) is 12.6. The molecule has 2 aromatic rings. The lowest BCUT2D eigenvalue weighted by Gasteiger charge is -2.17. The predicted octanol–water partition coefficient (Wildman–Crippen LogP) is 1.20. The zero-order chi connectivity index (χ0) is 15.4. The van der Waals surface area contributed by atoms with E-state index in [0.29, 0.717) is 17.5 Å². The van der Waals surface area contributed by atoms with Crippen LogP contribution in [0.3, 0.4) is 0 Å². The van der Waals surface area contributed by atoms with E-state index in [1.807, 2.05) is 19.9 Å². The van der Waals surface area contributed by atoms with Gasteiger partial charge in [-0.1, -0.05) is 6.92 Å². The maximum Gasteiger partial charge on any atom is 0.240 e. The summed E-state index contributed by atoms with van der Waals surface area (Å²) in [6.07, 6.45) is 2.26. The number of ether oxygens (including phenoxy) is 2. The molecular formula is C14H19N5O2. The SMILES string of the molecule is CCc1nnc(C)cc1C(N)c1ncc(OC)nc1OC. The Morgan fingerprint density at radius 2 is 2.00 bits per heavy atom. The normalized spacial score (nSPS) is 12.0. The Kier molecular flexibility index (Phi) is 4.64. The summed E-state index contributed by atoms with van der Waals surface area (Å²) in [5.41, 5.74) is 9.40. The van der Waals surface area contributed by atoms with Crippen molar-refractivity contribution in [2.45, 2.75) is 26.3 Å². The molecule has 0 aliphatic heterocycles. The molecule has 0 fully saturated rings. The maximum atomic E-state index is 6.34. The fourth-order valence-corrected chi connectivity index (χ4v) is 2.05. The van der Waals surface area contributed by atoms with Crippen molar-refractivity contribution >= 4 is 0 Å². The molecule has 0 saturated carbocycles. The van der Waals surface area contributed by atoms with Crippen molar-refractivity contribution in [1.29, 1.82) is 0 Å². The van der Waals surface area contributed by atoms with Crippen LogP contribution in [0.25, 0.3) is 0 Å². The second-order valence-electron chi connectivity index (χ2n) is 4.53. The highest BCUT2D eigenvalue weighted by Crippen LogP contribution is 2.28. The van der Waals surface area contributed by atoms with E-state index in [1.54, 1.807) is 0 Å². The standard InChI is InChI=1S/C14H19N5O2/c1-5-10-9(6-8(2)18-19-10)12(15)13-14(21-4)17-11(20-3)7-16-13/h6-7,12H,5,15H2,1-4H3. The lowest BCUT2D eigenvalue weighted by Crippen LogP contribution is -2.19. The highest BCUT2D eigenvalue weighted by atomic mass is 16.5. The Bertz CT molecular complexity index is 633. The molecule has 2 N–H and O–H groups in total. The van der Waals surface area contributed by atoms with E-state index in [1.165, 1.54) is 20.4 Å².